The average molecular weight is 479 g/mol. The van der Waals surface area contributed by atoms with E-state index in [1.165, 1.54) is 0 Å². The molecule has 0 aliphatic heterocycles. The minimum absolute atomic E-state index is 0.224. The van der Waals surface area contributed by atoms with Gasteiger partial charge in [0, 0.05) is 45.9 Å². The molecular weight excluding hydrogens is 452 g/mol. The highest BCUT2D eigenvalue weighted by molar-refractivity contribution is 6.06. The minimum Gasteiger partial charge on any atom is -0.497 e. The molecule has 0 saturated carbocycles. The third-order valence-corrected chi connectivity index (χ3v) is 6.00. The molecule has 5 aromatic rings. The Morgan fingerprint density at radius 3 is 2.81 bits per heavy atom. The van der Waals surface area contributed by atoms with Gasteiger partial charge in [-0.05, 0) is 67.4 Å². The maximum Gasteiger partial charge on any atom is 0.248 e. The number of aromatic nitrogens is 1. The molecule has 2 heterocycles. The summed E-state index contributed by atoms with van der Waals surface area (Å²) < 4.78 is 17.2. The van der Waals surface area contributed by atoms with E-state index >= 15 is 0 Å². The average Bonchev–Trinajstić information content (AvgIpc) is 3.31. The summed E-state index contributed by atoms with van der Waals surface area (Å²) in [6, 6.07) is 21.2. The minimum atomic E-state index is -0.224. The third kappa shape index (κ3) is 4.66. The van der Waals surface area contributed by atoms with Crippen LogP contribution in [0, 0.1) is 0 Å². The first kappa shape index (κ1) is 23.2. The van der Waals surface area contributed by atoms with E-state index in [9.17, 15) is 4.79 Å². The number of carbonyl (C=O) groups excluding carboxylic acids is 1. The molecule has 1 N–H and O–H groups in total. The Labute approximate surface area is 209 Å². The van der Waals surface area contributed by atoms with Crippen molar-refractivity contribution in [2.24, 2.45) is 0 Å². The second-order valence-electron chi connectivity index (χ2n) is 8.39. The fourth-order valence-corrected chi connectivity index (χ4v) is 4.26. The predicted molar refractivity (Wildman–Crippen MR) is 143 cm³/mol. The molecule has 2 aromatic heterocycles. The van der Waals surface area contributed by atoms with Crippen molar-refractivity contribution in [3.05, 3.63) is 90.8 Å². The van der Waals surface area contributed by atoms with Gasteiger partial charge in [0.25, 0.3) is 0 Å². The molecule has 6 heteroatoms. The summed E-state index contributed by atoms with van der Waals surface area (Å²) in [5.74, 6) is 1.21. The van der Waals surface area contributed by atoms with Crippen LogP contribution in [0.3, 0.4) is 0 Å². The van der Waals surface area contributed by atoms with Gasteiger partial charge >= 0.3 is 0 Å². The van der Waals surface area contributed by atoms with E-state index in [4.69, 9.17) is 13.9 Å². The zero-order valence-corrected chi connectivity index (χ0v) is 20.4. The Morgan fingerprint density at radius 1 is 1.08 bits per heavy atom. The van der Waals surface area contributed by atoms with Gasteiger partial charge in [0.05, 0.1) is 25.5 Å². The first-order chi connectivity index (χ1) is 17.6. The fourth-order valence-electron chi connectivity index (χ4n) is 4.26. The van der Waals surface area contributed by atoms with Gasteiger partial charge in [-0.25, -0.2) is 0 Å². The van der Waals surface area contributed by atoms with Crippen molar-refractivity contribution < 1.29 is 18.7 Å². The molecule has 5 rings (SSSR count). The van der Waals surface area contributed by atoms with E-state index in [2.05, 4.69) is 10.3 Å². The molecule has 3 aromatic carbocycles. The van der Waals surface area contributed by atoms with E-state index < -0.39 is 0 Å². The molecular formula is C30H26N2O4. The number of anilines is 1. The molecule has 6 nitrogen and oxygen atoms in total. The molecule has 180 valence electrons. The van der Waals surface area contributed by atoms with Crippen LogP contribution >= 0.6 is 0 Å². The molecule has 0 bridgehead atoms. The number of amides is 1. The maximum atomic E-state index is 12.9. The van der Waals surface area contributed by atoms with E-state index in [0.29, 0.717) is 23.6 Å². The van der Waals surface area contributed by atoms with Crippen LogP contribution < -0.4 is 14.8 Å². The molecule has 0 fully saturated rings. The summed E-state index contributed by atoms with van der Waals surface area (Å²) in [5.41, 5.74) is 5.82. The maximum absolute atomic E-state index is 12.9. The monoisotopic (exact) mass is 478 g/mol. The Bertz CT molecular complexity index is 1600. The zero-order chi connectivity index (χ0) is 25.1. The summed E-state index contributed by atoms with van der Waals surface area (Å²) in [6.07, 6.45) is 5.07. The van der Waals surface area contributed by atoms with Gasteiger partial charge in [0.2, 0.25) is 5.91 Å². The first-order valence-electron chi connectivity index (χ1n) is 11.7. The molecule has 0 radical (unpaired) electrons. The number of methoxy groups -OCH3 is 1. The normalized spacial score (nSPS) is 11.6. The van der Waals surface area contributed by atoms with Crippen LogP contribution in [-0.2, 0) is 4.79 Å². The van der Waals surface area contributed by atoms with Crippen LogP contribution in [-0.4, -0.2) is 24.6 Å². The topological polar surface area (TPSA) is 73.6 Å². The zero-order valence-electron chi connectivity index (χ0n) is 20.4. The van der Waals surface area contributed by atoms with Crippen LogP contribution in [0.25, 0.3) is 38.6 Å². The number of furan rings is 1. The van der Waals surface area contributed by atoms with Gasteiger partial charge in [0.15, 0.2) is 0 Å². The number of fused-ring (bicyclic) bond motifs is 2. The summed E-state index contributed by atoms with van der Waals surface area (Å²) in [6.45, 7) is 4.32. The number of rotatable bonds is 7. The lowest BCUT2D eigenvalue weighted by molar-refractivity contribution is -0.111. The molecule has 0 saturated heterocycles. The van der Waals surface area contributed by atoms with Crippen molar-refractivity contribution in [3.63, 3.8) is 0 Å². The lowest BCUT2D eigenvalue weighted by atomic mass is 9.99. The van der Waals surface area contributed by atoms with E-state index in [-0.39, 0.29) is 5.91 Å². The van der Waals surface area contributed by atoms with Crippen molar-refractivity contribution >= 4 is 39.0 Å². The van der Waals surface area contributed by atoms with Crippen LogP contribution in [0.5, 0.6) is 11.5 Å². The highest BCUT2D eigenvalue weighted by Gasteiger charge is 2.16. The Hall–Kier alpha value is -4.58. The number of pyridine rings is 1. The summed E-state index contributed by atoms with van der Waals surface area (Å²) in [4.78, 5) is 17.2. The molecule has 0 unspecified atom stereocenters. The van der Waals surface area contributed by atoms with Gasteiger partial charge in [0.1, 0.15) is 17.1 Å². The molecule has 0 atom stereocenters. The lowest BCUT2D eigenvalue weighted by Crippen LogP contribution is -2.08. The van der Waals surface area contributed by atoms with Gasteiger partial charge in [-0.3, -0.25) is 9.78 Å². The number of carbonyl (C=O) groups is 1. The van der Waals surface area contributed by atoms with Crippen LogP contribution in [0.1, 0.15) is 19.4 Å². The first-order valence-corrected chi connectivity index (χ1v) is 11.7. The SMILES string of the molecule is CCOc1cc2occ(-c3cccc(OC)c3)c2cc1/C(C)=C/C(=O)Nc1ccc2ncccc2c1. The number of hydrogen-bond donors (Lipinski definition) is 1. The number of benzene rings is 3. The summed E-state index contributed by atoms with van der Waals surface area (Å²) >= 11 is 0. The second-order valence-corrected chi connectivity index (χ2v) is 8.39. The second kappa shape index (κ2) is 9.96. The molecule has 0 spiro atoms. The predicted octanol–water partition coefficient (Wildman–Crippen LogP) is 7.10. The summed E-state index contributed by atoms with van der Waals surface area (Å²) in [5, 5.41) is 4.84. The van der Waals surface area contributed by atoms with E-state index in [1.54, 1.807) is 25.6 Å². The highest BCUT2D eigenvalue weighted by Crippen LogP contribution is 2.38. The molecule has 0 aliphatic rings. The Morgan fingerprint density at radius 2 is 1.97 bits per heavy atom. The number of ether oxygens (including phenoxy) is 2. The Balaban J connectivity index is 1.49. The van der Waals surface area contributed by atoms with Gasteiger partial charge in [-0.1, -0.05) is 18.2 Å². The van der Waals surface area contributed by atoms with E-state index in [1.807, 2.05) is 80.6 Å². The van der Waals surface area contributed by atoms with Gasteiger partial charge in [-0.2, -0.15) is 0 Å². The third-order valence-electron chi connectivity index (χ3n) is 6.00. The van der Waals surface area contributed by atoms with Crippen LogP contribution in [0.15, 0.2) is 89.7 Å². The smallest absolute Gasteiger partial charge is 0.248 e. The molecule has 1 amide bonds. The van der Waals surface area contributed by atoms with Gasteiger partial charge < -0.3 is 19.2 Å². The largest absolute Gasteiger partial charge is 0.497 e. The summed E-state index contributed by atoms with van der Waals surface area (Å²) in [7, 11) is 1.65. The van der Waals surface area contributed by atoms with Crippen molar-refractivity contribution in [1.29, 1.82) is 0 Å². The van der Waals surface area contributed by atoms with Crippen molar-refractivity contribution in [1.82, 2.24) is 4.98 Å². The number of nitrogens with one attached hydrogen (secondary N) is 1. The quantitative estimate of drug-likeness (QED) is 0.253. The Kier molecular flexibility index (Phi) is 6.41. The number of allylic oxidation sites excluding steroid dienone is 1. The van der Waals surface area contributed by atoms with Crippen molar-refractivity contribution in [2.75, 3.05) is 19.0 Å². The van der Waals surface area contributed by atoms with Crippen LogP contribution in [0.4, 0.5) is 5.69 Å². The standard InChI is InChI=1S/C30H26N2O4/c1-4-35-28-17-29-25(26(18-36-29)20-7-5-9-23(15-20)34-3)16-24(28)19(2)13-30(33)32-22-10-11-27-21(14-22)8-6-12-31-27/h5-18H,4H2,1-3H3,(H,32,33)/b19-13+. The molecule has 36 heavy (non-hydrogen) atoms. The van der Waals surface area contributed by atoms with E-state index in [0.717, 1.165) is 44.3 Å². The van der Waals surface area contributed by atoms with Crippen LogP contribution in [0.2, 0.25) is 0 Å². The molecule has 0 aliphatic carbocycles. The fraction of sp³-hybridized carbons (Fsp3) is 0.133. The number of nitrogens with zero attached hydrogens (tertiary/aromatic N) is 1. The van der Waals surface area contributed by atoms with Crippen molar-refractivity contribution in [3.8, 4) is 22.6 Å². The van der Waals surface area contributed by atoms with Crippen molar-refractivity contribution in [2.45, 2.75) is 13.8 Å². The number of hydrogen-bond acceptors (Lipinski definition) is 5. The highest BCUT2D eigenvalue weighted by atomic mass is 16.5. The lowest BCUT2D eigenvalue weighted by Gasteiger charge is -2.12. The van der Waals surface area contributed by atoms with Gasteiger partial charge in [-0.15, -0.1) is 0 Å².